The summed E-state index contributed by atoms with van der Waals surface area (Å²) in [6.45, 7) is 9.25. The topological polar surface area (TPSA) is 49.3 Å². The lowest BCUT2D eigenvalue weighted by Gasteiger charge is -2.17. The van der Waals surface area contributed by atoms with Gasteiger partial charge in [0.2, 0.25) is 0 Å². The van der Waals surface area contributed by atoms with Gasteiger partial charge in [-0.15, -0.1) is 0 Å². The first-order chi connectivity index (χ1) is 16.2. The Bertz CT molecular complexity index is 963. The molecule has 0 N–H and O–H groups in total. The normalized spacial score (nSPS) is 13.1. The van der Waals surface area contributed by atoms with Gasteiger partial charge >= 0.3 is 6.18 Å². The van der Waals surface area contributed by atoms with Crippen LogP contribution < -0.4 is 14.2 Å². The molecule has 8 heteroatoms. The first-order valence-corrected chi connectivity index (χ1v) is 11.0. The van der Waals surface area contributed by atoms with Gasteiger partial charge in [-0.05, 0) is 68.5 Å². The molecule has 0 saturated heterocycles. The molecule has 0 amide bonds. The van der Waals surface area contributed by atoms with Crippen molar-refractivity contribution in [2.75, 3.05) is 26.9 Å². The van der Waals surface area contributed by atoms with Crippen molar-refractivity contribution >= 4 is 5.71 Å². The van der Waals surface area contributed by atoms with Crippen LogP contribution in [-0.2, 0) is 4.84 Å². The highest BCUT2D eigenvalue weighted by atomic mass is 19.4. The molecule has 2 rings (SSSR count). The van der Waals surface area contributed by atoms with E-state index in [1.165, 1.54) is 18.2 Å². The fraction of sp³-hybridized carbons (Fsp3) is 0.423. The third-order valence-corrected chi connectivity index (χ3v) is 4.97. The molecule has 0 aliphatic rings. The molecular formula is C26H32F3NO4. The van der Waals surface area contributed by atoms with Crippen LogP contribution in [-0.4, -0.2) is 38.8 Å². The Morgan fingerprint density at radius 1 is 1.03 bits per heavy atom. The minimum Gasteiger partial charge on any atom is -0.493 e. The fourth-order valence-corrected chi connectivity index (χ4v) is 3.24. The molecule has 5 nitrogen and oxygen atoms in total. The summed E-state index contributed by atoms with van der Waals surface area (Å²) in [7, 11) is 1.08. The number of aryl methyl sites for hydroxylation is 2. The molecule has 0 aromatic heterocycles. The predicted octanol–water partition coefficient (Wildman–Crippen LogP) is 6.66. The van der Waals surface area contributed by atoms with Gasteiger partial charge in [0.1, 0.15) is 31.0 Å². The Kier molecular flexibility index (Phi) is 10.3. The standard InChI is InChI=1S/C26H32F3NO4/c1-6-7-12-32-23-14-19(3)24(20(4)15-23)33-13-11-18(2)17-34-22-10-8-9-21(16-22)25(30-31-5)26(27,28)29/h6-10,14-16,18H,11-13,17H2,1-5H3/b7-6+,30-25+. The van der Waals surface area contributed by atoms with E-state index in [4.69, 9.17) is 14.2 Å². The summed E-state index contributed by atoms with van der Waals surface area (Å²) in [5.41, 5.74) is 0.765. The summed E-state index contributed by atoms with van der Waals surface area (Å²) >= 11 is 0. The van der Waals surface area contributed by atoms with Crippen molar-refractivity contribution in [3.8, 4) is 17.2 Å². The SMILES string of the molecule is C/C=C/COc1cc(C)c(OCCC(C)COc2cccc(/C(=N\OC)C(F)(F)F)c2)c(C)c1. The zero-order valence-corrected chi connectivity index (χ0v) is 20.2. The van der Waals surface area contributed by atoms with Crippen LogP contribution in [0.1, 0.15) is 37.0 Å². The first kappa shape index (κ1) is 27.1. The predicted molar refractivity (Wildman–Crippen MR) is 127 cm³/mol. The van der Waals surface area contributed by atoms with Crippen molar-refractivity contribution in [1.82, 2.24) is 0 Å². The quantitative estimate of drug-likeness (QED) is 0.194. The molecule has 0 fully saturated rings. The second kappa shape index (κ2) is 12.9. The first-order valence-electron chi connectivity index (χ1n) is 11.0. The number of benzene rings is 2. The molecule has 2 aromatic carbocycles. The molecule has 0 heterocycles. The summed E-state index contributed by atoms with van der Waals surface area (Å²) in [5, 5.41) is 3.12. The zero-order valence-electron chi connectivity index (χ0n) is 20.2. The highest BCUT2D eigenvalue weighted by molar-refractivity contribution is 6.04. The molecule has 1 unspecified atom stereocenters. The lowest BCUT2D eigenvalue weighted by Crippen LogP contribution is -2.24. The van der Waals surface area contributed by atoms with Crippen LogP contribution in [0.4, 0.5) is 13.2 Å². The average Bonchev–Trinajstić information content (AvgIpc) is 2.77. The van der Waals surface area contributed by atoms with Gasteiger partial charge in [0.05, 0.1) is 13.2 Å². The summed E-state index contributed by atoms with van der Waals surface area (Å²) in [6, 6.07) is 9.63. The maximum absolute atomic E-state index is 13.2. The van der Waals surface area contributed by atoms with Gasteiger partial charge < -0.3 is 19.0 Å². The highest BCUT2D eigenvalue weighted by Crippen LogP contribution is 2.29. The number of alkyl halides is 3. The van der Waals surface area contributed by atoms with Crippen LogP contribution in [0.25, 0.3) is 0 Å². The minimum absolute atomic E-state index is 0.119. The summed E-state index contributed by atoms with van der Waals surface area (Å²) in [6.07, 6.45) is -0.0328. The van der Waals surface area contributed by atoms with Gasteiger partial charge in [-0.3, -0.25) is 0 Å². The lowest BCUT2D eigenvalue weighted by molar-refractivity contribution is -0.0608. The number of nitrogens with zero attached hydrogens (tertiary/aromatic N) is 1. The van der Waals surface area contributed by atoms with Crippen LogP contribution in [0.3, 0.4) is 0 Å². The molecule has 0 spiro atoms. The summed E-state index contributed by atoms with van der Waals surface area (Å²) in [4.78, 5) is 4.35. The molecule has 0 aliphatic heterocycles. The molecule has 0 aliphatic carbocycles. The van der Waals surface area contributed by atoms with E-state index in [1.807, 2.05) is 52.0 Å². The second-order valence-corrected chi connectivity index (χ2v) is 7.97. The van der Waals surface area contributed by atoms with Gasteiger partial charge in [0, 0.05) is 5.56 Å². The summed E-state index contributed by atoms with van der Waals surface area (Å²) in [5.74, 6) is 2.09. The maximum Gasteiger partial charge on any atom is 0.437 e. The van der Waals surface area contributed by atoms with Crippen LogP contribution >= 0.6 is 0 Å². The Labute approximate surface area is 199 Å². The zero-order chi connectivity index (χ0) is 25.1. The molecule has 0 saturated carbocycles. The smallest absolute Gasteiger partial charge is 0.437 e. The van der Waals surface area contributed by atoms with Crippen LogP contribution in [0, 0.1) is 19.8 Å². The van der Waals surface area contributed by atoms with Crippen LogP contribution in [0.5, 0.6) is 17.2 Å². The van der Waals surface area contributed by atoms with E-state index in [2.05, 4.69) is 9.99 Å². The Hall–Kier alpha value is -3.16. The van der Waals surface area contributed by atoms with Gasteiger partial charge in [-0.25, -0.2) is 0 Å². The van der Waals surface area contributed by atoms with E-state index in [0.29, 0.717) is 25.6 Å². The van der Waals surface area contributed by atoms with Crippen LogP contribution in [0.15, 0.2) is 53.7 Å². The third kappa shape index (κ3) is 8.32. The number of allylic oxidation sites excluding steroid dienone is 1. The third-order valence-electron chi connectivity index (χ3n) is 4.97. The van der Waals surface area contributed by atoms with E-state index in [-0.39, 0.29) is 11.5 Å². The number of halogens is 3. The monoisotopic (exact) mass is 479 g/mol. The van der Waals surface area contributed by atoms with E-state index in [0.717, 1.165) is 36.2 Å². The molecule has 1 atom stereocenters. The number of hydrogen-bond donors (Lipinski definition) is 0. The van der Waals surface area contributed by atoms with E-state index >= 15 is 0 Å². The number of rotatable bonds is 12. The van der Waals surface area contributed by atoms with Gasteiger partial charge in [-0.1, -0.05) is 36.4 Å². The van der Waals surface area contributed by atoms with Gasteiger partial charge in [0.25, 0.3) is 0 Å². The van der Waals surface area contributed by atoms with Crippen molar-refractivity contribution in [3.63, 3.8) is 0 Å². The minimum atomic E-state index is -4.63. The Balaban J connectivity index is 1.89. The second-order valence-electron chi connectivity index (χ2n) is 7.97. The Morgan fingerprint density at radius 2 is 1.74 bits per heavy atom. The molecule has 186 valence electrons. The van der Waals surface area contributed by atoms with E-state index in [9.17, 15) is 13.2 Å². The van der Waals surface area contributed by atoms with Crippen LogP contribution in [0.2, 0.25) is 0 Å². The number of ether oxygens (including phenoxy) is 3. The number of oxime groups is 1. The van der Waals surface area contributed by atoms with Gasteiger partial charge in [-0.2, -0.15) is 13.2 Å². The largest absolute Gasteiger partial charge is 0.493 e. The molecule has 0 bridgehead atoms. The highest BCUT2D eigenvalue weighted by Gasteiger charge is 2.38. The summed E-state index contributed by atoms with van der Waals surface area (Å²) < 4.78 is 57.0. The average molecular weight is 480 g/mol. The van der Waals surface area contributed by atoms with Crippen molar-refractivity contribution < 1.29 is 32.2 Å². The van der Waals surface area contributed by atoms with Crippen molar-refractivity contribution in [2.24, 2.45) is 11.1 Å². The van der Waals surface area contributed by atoms with Crippen molar-refractivity contribution in [2.45, 2.75) is 40.3 Å². The lowest BCUT2D eigenvalue weighted by atomic mass is 10.1. The molecular weight excluding hydrogens is 447 g/mol. The Morgan fingerprint density at radius 3 is 2.35 bits per heavy atom. The van der Waals surface area contributed by atoms with E-state index < -0.39 is 11.9 Å². The maximum atomic E-state index is 13.2. The molecule has 34 heavy (non-hydrogen) atoms. The number of hydrogen-bond acceptors (Lipinski definition) is 5. The molecule has 0 radical (unpaired) electrons. The van der Waals surface area contributed by atoms with Crippen molar-refractivity contribution in [1.29, 1.82) is 0 Å². The fourth-order valence-electron chi connectivity index (χ4n) is 3.24. The van der Waals surface area contributed by atoms with Gasteiger partial charge in [0.15, 0.2) is 5.71 Å². The van der Waals surface area contributed by atoms with Crippen molar-refractivity contribution in [3.05, 3.63) is 65.2 Å². The molecule has 2 aromatic rings. The van der Waals surface area contributed by atoms with E-state index in [1.54, 1.807) is 6.07 Å².